The van der Waals surface area contributed by atoms with Crippen LogP contribution in [0.1, 0.15) is 18.4 Å². The van der Waals surface area contributed by atoms with E-state index in [0.29, 0.717) is 18.1 Å². The van der Waals surface area contributed by atoms with Crippen molar-refractivity contribution in [3.8, 4) is 11.5 Å². The summed E-state index contributed by atoms with van der Waals surface area (Å²) in [5, 5.41) is 8.10. The molecule has 2 rings (SSSR count). The Morgan fingerprint density at radius 1 is 1.56 bits per heavy atom. The normalized spacial score (nSPS) is 13.0. The molecule has 0 aliphatic carbocycles. The summed E-state index contributed by atoms with van der Waals surface area (Å²) >= 11 is 0. The summed E-state index contributed by atoms with van der Waals surface area (Å²) in [5.74, 6) is 1.13. The van der Waals surface area contributed by atoms with E-state index in [2.05, 4.69) is 15.2 Å². The third-order valence-corrected chi connectivity index (χ3v) is 2.22. The number of rotatable bonds is 3. The molecule has 0 spiro atoms. The highest BCUT2D eigenvalue weighted by Gasteiger charge is 2.14. The minimum absolute atomic E-state index is 0.0282. The SMILES string of the molecule is Cc1nn(C)cc1-c1nc(CC(C)N)no1. The van der Waals surface area contributed by atoms with Crippen LogP contribution in [0.2, 0.25) is 0 Å². The van der Waals surface area contributed by atoms with Crippen LogP contribution >= 0.6 is 0 Å². The fourth-order valence-electron chi connectivity index (χ4n) is 1.54. The summed E-state index contributed by atoms with van der Waals surface area (Å²) in [5.41, 5.74) is 7.41. The lowest BCUT2D eigenvalue weighted by atomic mass is 10.2. The molecule has 0 radical (unpaired) electrons. The number of hydrogen-bond donors (Lipinski definition) is 1. The van der Waals surface area contributed by atoms with E-state index in [1.54, 1.807) is 4.68 Å². The Morgan fingerprint density at radius 3 is 2.88 bits per heavy atom. The van der Waals surface area contributed by atoms with Crippen LogP contribution in [0.4, 0.5) is 0 Å². The summed E-state index contributed by atoms with van der Waals surface area (Å²) in [6, 6.07) is 0.0282. The highest BCUT2D eigenvalue weighted by atomic mass is 16.5. The predicted molar refractivity (Wildman–Crippen MR) is 58.6 cm³/mol. The van der Waals surface area contributed by atoms with Gasteiger partial charge >= 0.3 is 0 Å². The van der Waals surface area contributed by atoms with E-state index in [-0.39, 0.29) is 6.04 Å². The van der Waals surface area contributed by atoms with Gasteiger partial charge in [0.25, 0.3) is 5.89 Å². The smallest absolute Gasteiger partial charge is 0.261 e. The highest BCUT2D eigenvalue weighted by molar-refractivity contribution is 5.54. The molecule has 1 atom stereocenters. The van der Waals surface area contributed by atoms with Crippen LogP contribution in [0.3, 0.4) is 0 Å². The second kappa shape index (κ2) is 4.05. The maximum atomic E-state index is 5.67. The van der Waals surface area contributed by atoms with Gasteiger partial charge < -0.3 is 10.3 Å². The van der Waals surface area contributed by atoms with Crippen molar-refractivity contribution in [3.05, 3.63) is 17.7 Å². The van der Waals surface area contributed by atoms with Crippen LogP contribution in [0.15, 0.2) is 10.7 Å². The summed E-state index contributed by atoms with van der Waals surface area (Å²) in [4.78, 5) is 4.28. The second-order valence-corrected chi connectivity index (χ2v) is 4.00. The van der Waals surface area contributed by atoms with Crippen LogP contribution in [-0.2, 0) is 13.5 Å². The maximum Gasteiger partial charge on any atom is 0.261 e. The van der Waals surface area contributed by atoms with E-state index in [4.69, 9.17) is 10.3 Å². The Morgan fingerprint density at radius 2 is 2.31 bits per heavy atom. The van der Waals surface area contributed by atoms with Crippen molar-refractivity contribution in [2.45, 2.75) is 26.3 Å². The van der Waals surface area contributed by atoms with Gasteiger partial charge in [-0.2, -0.15) is 10.1 Å². The van der Waals surface area contributed by atoms with Gasteiger partial charge in [0, 0.05) is 25.7 Å². The van der Waals surface area contributed by atoms with Gasteiger partial charge in [-0.25, -0.2) is 0 Å². The molecule has 0 saturated carbocycles. The van der Waals surface area contributed by atoms with Crippen molar-refractivity contribution in [2.75, 3.05) is 0 Å². The molecule has 0 aliphatic heterocycles. The topological polar surface area (TPSA) is 82.8 Å². The summed E-state index contributed by atoms with van der Waals surface area (Å²) < 4.78 is 6.90. The third kappa shape index (κ3) is 2.11. The third-order valence-electron chi connectivity index (χ3n) is 2.22. The number of nitrogens with zero attached hydrogens (tertiary/aromatic N) is 4. The summed E-state index contributed by atoms with van der Waals surface area (Å²) in [7, 11) is 1.86. The van der Waals surface area contributed by atoms with Crippen molar-refractivity contribution in [3.63, 3.8) is 0 Å². The largest absolute Gasteiger partial charge is 0.334 e. The van der Waals surface area contributed by atoms with Gasteiger partial charge in [0.2, 0.25) is 0 Å². The number of hydrogen-bond acceptors (Lipinski definition) is 5. The lowest BCUT2D eigenvalue weighted by Gasteiger charge is -1.96. The van der Waals surface area contributed by atoms with Gasteiger partial charge in [-0.15, -0.1) is 0 Å². The Kier molecular flexibility index (Phi) is 2.74. The minimum Gasteiger partial charge on any atom is -0.334 e. The molecule has 6 heteroatoms. The molecule has 0 saturated heterocycles. The molecule has 0 amide bonds. The van der Waals surface area contributed by atoms with Crippen LogP contribution in [0.25, 0.3) is 11.5 Å². The standard InChI is InChI=1S/C10H15N5O/c1-6(11)4-9-12-10(16-14-9)8-5-15(3)13-7(8)2/h5-6H,4,11H2,1-3H3. The fraction of sp³-hybridized carbons (Fsp3) is 0.500. The van der Waals surface area contributed by atoms with Crippen molar-refractivity contribution in [1.82, 2.24) is 19.9 Å². The van der Waals surface area contributed by atoms with Crippen molar-refractivity contribution < 1.29 is 4.52 Å². The predicted octanol–water partition coefficient (Wildman–Crippen LogP) is 0.668. The van der Waals surface area contributed by atoms with Gasteiger partial charge in [0.05, 0.1) is 11.3 Å². The van der Waals surface area contributed by atoms with E-state index in [9.17, 15) is 0 Å². The lowest BCUT2D eigenvalue weighted by molar-refractivity contribution is 0.420. The molecule has 1 unspecified atom stereocenters. The Labute approximate surface area is 93.4 Å². The average Bonchev–Trinajstić information content (AvgIpc) is 2.72. The Bertz CT molecular complexity index is 485. The Balaban J connectivity index is 2.28. The molecule has 2 N–H and O–H groups in total. The van der Waals surface area contributed by atoms with Crippen LogP contribution in [0.5, 0.6) is 0 Å². The zero-order chi connectivity index (χ0) is 11.7. The molecule has 0 aliphatic rings. The Hall–Kier alpha value is -1.69. The molecule has 0 bridgehead atoms. The zero-order valence-electron chi connectivity index (χ0n) is 9.64. The fourth-order valence-corrected chi connectivity index (χ4v) is 1.54. The van der Waals surface area contributed by atoms with Gasteiger partial charge in [0.15, 0.2) is 5.82 Å². The maximum absolute atomic E-state index is 5.67. The van der Waals surface area contributed by atoms with Crippen LogP contribution in [0, 0.1) is 6.92 Å². The van der Waals surface area contributed by atoms with Crippen molar-refractivity contribution >= 4 is 0 Å². The number of aromatic nitrogens is 4. The van der Waals surface area contributed by atoms with E-state index in [1.807, 2.05) is 27.1 Å². The quantitative estimate of drug-likeness (QED) is 0.823. The van der Waals surface area contributed by atoms with Crippen molar-refractivity contribution in [1.29, 1.82) is 0 Å². The van der Waals surface area contributed by atoms with E-state index in [1.165, 1.54) is 0 Å². The van der Waals surface area contributed by atoms with Crippen molar-refractivity contribution in [2.24, 2.45) is 12.8 Å². The molecule has 2 aromatic rings. The number of nitrogens with two attached hydrogens (primary N) is 1. The molecule has 0 fully saturated rings. The van der Waals surface area contributed by atoms with Gasteiger partial charge in [-0.3, -0.25) is 4.68 Å². The number of aryl methyl sites for hydroxylation is 2. The van der Waals surface area contributed by atoms with Crippen LogP contribution in [-0.4, -0.2) is 26.0 Å². The lowest BCUT2D eigenvalue weighted by Crippen LogP contribution is -2.18. The summed E-state index contributed by atoms with van der Waals surface area (Å²) in [6.07, 6.45) is 2.47. The summed E-state index contributed by atoms with van der Waals surface area (Å²) in [6.45, 7) is 3.82. The molecule has 86 valence electrons. The molecule has 16 heavy (non-hydrogen) atoms. The molecule has 6 nitrogen and oxygen atoms in total. The first-order valence-corrected chi connectivity index (χ1v) is 5.15. The minimum atomic E-state index is 0.0282. The van der Waals surface area contributed by atoms with E-state index >= 15 is 0 Å². The second-order valence-electron chi connectivity index (χ2n) is 4.00. The van der Waals surface area contributed by atoms with E-state index in [0.717, 1.165) is 11.3 Å². The average molecular weight is 221 g/mol. The first-order chi connectivity index (χ1) is 7.56. The molecule has 2 heterocycles. The zero-order valence-corrected chi connectivity index (χ0v) is 9.64. The first kappa shape index (κ1) is 10.8. The highest BCUT2D eigenvalue weighted by Crippen LogP contribution is 2.20. The molecular formula is C10H15N5O. The van der Waals surface area contributed by atoms with Gasteiger partial charge in [-0.05, 0) is 13.8 Å². The molecule has 2 aromatic heterocycles. The monoisotopic (exact) mass is 221 g/mol. The first-order valence-electron chi connectivity index (χ1n) is 5.15. The molecular weight excluding hydrogens is 206 g/mol. The van der Waals surface area contributed by atoms with Gasteiger partial charge in [0.1, 0.15) is 0 Å². The van der Waals surface area contributed by atoms with Crippen LogP contribution < -0.4 is 5.73 Å². The van der Waals surface area contributed by atoms with E-state index < -0.39 is 0 Å². The van der Waals surface area contributed by atoms with Gasteiger partial charge in [-0.1, -0.05) is 5.16 Å². The molecule has 0 aromatic carbocycles.